The lowest BCUT2D eigenvalue weighted by atomic mass is 10.1. The quantitative estimate of drug-likeness (QED) is 0.880. The van der Waals surface area contributed by atoms with Gasteiger partial charge < -0.3 is 10.6 Å². The Morgan fingerprint density at radius 2 is 2.00 bits per heavy atom. The molecule has 2 rings (SSSR count). The van der Waals surface area contributed by atoms with Gasteiger partial charge in [0.05, 0.1) is 0 Å². The van der Waals surface area contributed by atoms with E-state index in [-0.39, 0.29) is 18.3 Å². The molecule has 1 aliphatic heterocycles. The molecule has 1 aromatic carbocycles. The molecular formula is C13H18F2N2. The molecule has 4 heteroatoms. The van der Waals surface area contributed by atoms with E-state index in [4.69, 9.17) is 5.73 Å². The average Bonchev–Trinajstić information content (AvgIpc) is 2.76. The average molecular weight is 240 g/mol. The maximum atomic E-state index is 13.9. The monoisotopic (exact) mass is 240 g/mol. The van der Waals surface area contributed by atoms with Gasteiger partial charge >= 0.3 is 0 Å². The topological polar surface area (TPSA) is 29.3 Å². The Kier molecular flexibility index (Phi) is 3.62. The van der Waals surface area contributed by atoms with Crippen LogP contribution in [0.15, 0.2) is 12.1 Å². The Bertz CT molecular complexity index is 383. The van der Waals surface area contributed by atoms with Crippen molar-refractivity contribution in [3.63, 3.8) is 0 Å². The number of hydrogen-bond acceptors (Lipinski definition) is 2. The highest BCUT2D eigenvalue weighted by Gasteiger charge is 2.27. The minimum absolute atomic E-state index is 0.117. The first-order valence-corrected chi connectivity index (χ1v) is 6.12. The van der Waals surface area contributed by atoms with Gasteiger partial charge in [0.25, 0.3) is 0 Å². The number of nitrogens with two attached hydrogens (primary N) is 1. The van der Waals surface area contributed by atoms with E-state index in [0.717, 1.165) is 25.8 Å². The van der Waals surface area contributed by atoms with Crippen molar-refractivity contribution in [2.75, 3.05) is 11.4 Å². The van der Waals surface area contributed by atoms with Gasteiger partial charge in [-0.15, -0.1) is 0 Å². The summed E-state index contributed by atoms with van der Waals surface area (Å²) >= 11 is 0. The zero-order valence-electron chi connectivity index (χ0n) is 10.0. The van der Waals surface area contributed by atoms with Gasteiger partial charge in [0.2, 0.25) is 0 Å². The molecule has 1 saturated heterocycles. The largest absolute Gasteiger partial charge is 0.364 e. The molecular weight excluding hydrogens is 222 g/mol. The van der Waals surface area contributed by atoms with E-state index in [1.165, 1.54) is 12.1 Å². The van der Waals surface area contributed by atoms with Crippen LogP contribution in [0.25, 0.3) is 0 Å². The molecule has 1 aliphatic rings. The number of nitrogens with zero attached hydrogens (tertiary/aromatic N) is 1. The molecule has 0 amide bonds. The zero-order chi connectivity index (χ0) is 12.4. The Balaban J connectivity index is 2.38. The Hall–Kier alpha value is -1.16. The summed E-state index contributed by atoms with van der Waals surface area (Å²) in [5.74, 6) is -0.989. The summed E-state index contributed by atoms with van der Waals surface area (Å²) in [6.07, 6.45) is 2.92. The molecule has 0 aromatic heterocycles. The predicted octanol–water partition coefficient (Wildman–Crippen LogP) is 2.80. The van der Waals surface area contributed by atoms with Crippen molar-refractivity contribution in [2.45, 2.75) is 38.8 Å². The zero-order valence-corrected chi connectivity index (χ0v) is 10.0. The normalized spacial score (nSPS) is 20.0. The third-order valence-electron chi connectivity index (χ3n) is 3.45. The van der Waals surface area contributed by atoms with Gasteiger partial charge in [-0.25, -0.2) is 8.78 Å². The SMILES string of the molecule is CCC1CCCN1c1c(F)cc(CN)cc1F. The molecule has 0 bridgehead atoms. The van der Waals surface area contributed by atoms with E-state index in [1.54, 1.807) is 0 Å². The van der Waals surface area contributed by atoms with Gasteiger partial charge in [-0.3, -0.25) is 0 Å². The molecule has 2 nitrogen and oxygen atoms in total. The van der Waals surface area contributed by atoms with Crippen LogP contribution in [-0.4, -0.2) is 12.6 Å². The lowest BCUT2D eigenvalue weighted by Gasteiger charge is -2.27. The van der Waals surface area contributed by atoms with Crippen LogP contribution in [0.2, 0.25) is 0 Å². The van der Waals surface area contributed by atoms with Crippen LogP contribution < -0.4 is 10.6 Å². The van der Waals surface area contributed by atoms with E-state index in [2.05, 4.69) is 0 Å². The van der Waals surface area contributed by atoms with Gasteiger partial charge in [-0.1, -0.05) is 6.92 Å². The smallest absolute Gasteiger partial charge is 0.149 e. The fourth-order valence-electron chi connectivity index (χ4n) is 2.56. The van der Waals surface area contributed by atoms with Crippen LogP contribution in [0, 0.1) is 11.6 Å². The Morgan fingerprint density at radius 1 is 1.35 bits per heavy atom. The fourth-order valence-corrected chi connectivity index (χ4v) is 2.56. The van der Waals surface area contributed by atoms with E-state index in [1.807, 2.05) is 11.8 Å². The summed E-state index contributed by atoms with van der Waals surface area (Å²) in [6, 6.07) is 2.93. The molecule has 1 fully saturated rings. The summed E-state index contributed by atoms with van der Waals surface area (Å²) in [6.45, 7) is 2.94. The van der Waals surface area contributed by atoms with E-state index >= 15 is 0 Å². The van der Waals surface area contributed by atoms with E-state index in [9.17, 15) is 8.78 Å². The first-order chi connectivity index (χ1) is 8.17. The molecule has 17 heavy (non-hydrogen) atoms. The highest BCUT2D eigenvalue weighted by atomic mass is 19.1. The summed E-state index contributed by atoms with van der Waals surface area (Å²) in [5, 5.41) is 0. The third-order valence-corrected chi connectivity index (χ3v) is 3.45. The van der Waals surface area contributed by atoms with Crippen molar-refractivity contribution in [3.05, 3.63) is 29.3 Å². The van der Waals surface area contributed by atoms with Crippen molar-refractivity contribution >= 4 is 5.69 Å². The maximum Gasteiger partial charge on any atom is 0.149 e. The molecule has 1 atom stereocenters. The second-order valence-corrected chi connectivity index (χ2v) is 4.51. The molecule has 1 heterocycles. The highest BCUT2D eigenvalue weighted by molar-refractivity contribution is 5.52. The molecule has 0 saturated carbocycles. The number of rotatable bonds is 3. The van der Waals surface area contributed by atoms with Crippen LogP contribution in [0.4, 0.5) is 14.5 Å². The van der Waals surface area contributed by atoms with Crippen molar-refractivity contribution in [2.24, 2.45) is 5.73 Å². The summed E-state index contributed by atoms with van der Waals surface area (Å²) in [5.41, 5.74) is 6.01. The number of benzene rings is 1. The lowest BCUT2D eigenvalue weighted by Crippen LogP contribution is -2.30. The molecule has 0 radical (unpaired) electrons. The van der Waals surface area contributed by atoms with Crippen LogP contribution in [-0.2, 0) is 6.54 Å². The van der Waals surface area contributed by atoms with Gasteiger partial charge in [0.1, 0.15) is 17.3 Å². The molecule has 2 N–H and O–H groups in total. The van der Waals surface area contributed by atoms with Crippen molar-refractivity contribution in [1.82, 2.24) is 0 Å². The lowest BCUT2D eigenvalue weighted by molar-refractivity contribution is 0.554. The summed E-state index contributed by atoms with van der Waals surface area (Å²) < 4.78 is 27.8. The number of halogens is 2. The van der Waals surface area contributed by atoms with E-state index in [0.29, 0.717) is 5.56 Å². The first kappa shape index (κ1) is 12.3. The second-order valence-electron chi connectivity index (χ2n) is 4.51. The minimum atomic E-state index is -0.495. The van der Waals surface area contributed by atoms with Crippen LogP contribution in [0.3, 0.4) is 0 Å². The summed E-state index contributed by atoms with van der Waals surface area (Å²) in [4.78, 5) is 1.85. The molecule has 1 aromatic rings. The van der Waals surface area contributed by atoms with Gasteiger partial charge in [0.15, 0.2) is 0 Å². The Morgan fingerprint density at radius 3 is 2.53 bits per heavy atom. The molecule has 94 valence electrons. The van der Waals surface area contributed by atoms with Gasteiger partial charge in [-0.05, 0) is 37.0 Å². The third kappa shape index (κ3) is 2.27. The predicted molar refractivity (Wildman–Crippen MR) is 64.9 cm³/mol. The van der Waals surface area contributed by atoms with Crippen molar-refractivity contribution < 1.29 is 8.78 Å². The number of hydrogen-bond donors (Lipinski definition) is 1. The maximum absolute atomic E-state index is 13.9. The van der Waals surface area contributed by atoms with Crippen molar-refractivity contribution in [1.29, 1.82) is 0 Å². The highest BCUT2D eigenvalue weighted by Crippen LogP contribution is 2.32. The van der Waals surface area contributed by atoms with Gasteiger partial charge in [-0.2, -0.15) is 0 Å². The Labute approximate surface area is 100 Å². The van der Waals surface area contributed by atoms with Crippen LogP contribution in [0.1, 0.15) is 31.7 Å². The molecule has 1 unspecified atom stereocenters. The van der Waals surface area contributed by atoms with Gasteiger partial charge in [0, 0.05) is 19.1 Å². The van der Waals surface area contributed by atoms with Crippen molar-refractivity contribution in [3.8, 4) is 0 Å². The summed E-state index contributed by atoms with van der Waals surface area (Å²) in [7, 11) is 0. The molecule has 0 spiro atoms. The first-order valence-electron chi connectivity index (χ1n) is 6.12. The van der Waals surface area contributed by atoms with Crippen LogP contribution >= 0.6 is 0 Å². The number of anilines is 1. The standard InChI is InChI=1S/C13H18F2N2/c1-2-10-4-3-5-17(10)13-11(14)6-9(8-16)7-12(13)15/h6-7,10H,2-5,8,16H2,1H3. The van der Waals surface area contributed by atoms with Crippen LogP contribution in [0.5, 0.6) is 0 Å². The van der Waals surface area contributed by atoms with E-state index < -0.39 is 11.6 Å². The second kappa shape index (κ2) is 5.00. The molecule has 0 aliphatic carbocycles. The minimum Gasteiger partial charge on any atom is -0.364 e. The fraction of sp³-hybridized carbons (Fsp3) is 0.538.